The summed E-state index contributed by atoms with van der Waals surface area (Å²) in [6, 6.07) is 13.0. The molecule has 0 fully saturated rings. The van der Waals surface area contributed by atoms with Gasteiger partial charge in [-0.15, -0.1) is 0 Å². The van der Waals surface area contributed by atoms with E-state index in [0.29, 0.717) is 5.56 Å². The molecule has 5 heteroatoms. The van der Waals surface area contributed by atoms with E-state index in [2.05, 4.69) is 15.5 Å². The van der Waals surface area contributed by atoms with Gasteiger partial charge in [0.1, 0.15) is 5.75 Å². The molecular weight excluding hydrogens is 302 g/mol. The molecule has 122 valence electrons. The van der Waals surface area contributed by atoms with Gasteiger partial charge in [-0.2, -0.15) is 5.10 Å². The number of nitrogens with zero attached hydrogens (tertiary/aromatic N) is 1. The van der Waals surface area contributed by atoms with Crippen LogP contribution in [0.1, 0.15) is 27.2 Å². The summed E-state index contributed by atoms with van der Waals surface area (Å²) in [6.07, 6.45) is 1.60. The van der Waals surface area contributed by atoms with Gasteiger partial charge in [-0.1, -0.05) is 0 Å². The van der Waals surface area contributed by atoms with E-state index in [1.54, 1.807) is 19.4 Å². The van der Waals surface area contributed by atoms with Gasteiger partial charge in [-0.25, -0.2) is 5.43 Å². The maximum Gasteiger partial charge on any atom is 0.271 e. The fourth-order valence-electron chi connectivity index (χ4n) is 2.52. The lowest BCUT2D eigenvalue weighted by Gasteiger charge is -2.01. The Balaban J connectivity index is 1.72. The molecule has 2 aromatic carbocycles. The predicted molar refractivity (Wildman–Crippen MR) is 95.8 cm³/mol. The second kappa shape index (κ2) is 6.58. The minimum Gasteiger partial charge on any atom is -0.497 e. The van der Waals surface area contributed by atoms with E-state index >= 15 is 0 Å². The molecule has 1 aromatic heterocycles. The van der Waals surface area contributed by atoms with Crippen LogP contribution in [0, 0.1) is 13.8 Å². The molecule has 3 rings (SSSR count). The number of aromatic nitrogens is 1. The van der Waals surface area contributed by atoms with Crippen LogP contribution < -0.4 is 10.2 Å². The molecule has 0 saturated heterocycles. The maximum atomic E-state index is 12.2. The largest absolute Gasteiger partial charge is 0.497 e. The Morgan fingerprint density at radius 3 is 2.62 bits per heavy atom. The lowest BCUT2D eigenvalue weighted by Crippen LogP contribution is -2.17. The number of hydrogen-bond acceptors (Lipinski definition) is 3. The maximum absolute atomic E-state index is 12.2. The first kappa shape index (κ1) is 15.8. The summed E-state index contributed by atoms with van der Waals surface area (Å²) in [5.41, 5.74) is 7.31. The average molecular weight is 321 g/mol. The van der Waals surface area contributed by atoms with Crippen molar-refractivity contribution in [2.75, 3.05) is 7.11 Å². The van der Waals surface area contributed by atoms with Crippen LogP contribution in [0.2, 0.25) is 0 Å². The molecule has 1 amide bonds. The molecule has 3 aromatic rings. The molecule has 0 unspecified atom stereocenters. The number of nitrogens with one attached hydrogen (secondary N) is 2. The highest BCUT2D eigenvalue weighted by Gasteiger charge is 2.09. The summed E-state index contributed by atoms with van der Waals surface area (Å²) >= 11 is 0. The molecule has 0 radical (unpaired) electrons. The standard InChI is InChI=1S/C19H19N3O2/c1-12-13(2)21-18-9-6-15(10-17(12)18)19(23)22-20-11-14-4-7-16(24-3)8-5-14/h4-11,21H,1-3H3,(H,22,23). The summed E-state index contributed by atoms with van der Waals surface area (Å²) in [6.45, 7) is 4.06. The smallest absolute Gasteiger partial charge is 0.271 e. The molecule has 0 aliphatic carbocycles. The lowest BCUT2D eigenvalue weighted by molar-refractivity contribution is 0.0955. The Morgan fingerprint density at radius 2 is 1.92 bits per heavy atom. The summed E-state index contributed by atoms with van der Waals surface area (Å²) in [5.74, 6) is 0.543. The molecule has 0 aliphatic heterocycles. The number of H-pyrrole nitrogens is 1. The number of hydrogen-bond donors (Lipinski definition) is 2. The number of methoxy groups -OCH3 is 1. The quantitative estimate of drug-likeness (QED) is 0.570. The zero-order valence-electron chi connectivity index (χ0n) is 13.9. The Hall–Kier alpha value is -3.08. The van der Waals surface area contributed by atoms with E-state index in [9.17, 15) is 4.79 Å². The number of rotatable bonds is 4. The molecule has 0 atom stereocenters. The zero-order chi connectivity index (χ0) is 17.1. The van der Waals surface area contributed by atoms with Gasteiger partial charge in [0.2, 0.25) is 0 Å². The van der Waals surface area contributed by atoms with Gasteiger partial charge < -0.3 is 9.72 Å². The van der Waals surface area contributed by atoms with Gasteiger partial charge >= 0.3 is 0 Å². The van der Waals surface area contributed by atoms with Crippen molar-refractivity contribution in [1.82, 2.24) is 10.4 Å². The number of carbonyl (C=O) groups excluding carboxylic acids is 1. The van der Waals surface area contributed by atoms with E-state index in [1.165, 1.54) is 0 Å². The van der Waals surface area contributed by atoms with Crippen molar-refractivity contribution in [3.05, 3.63) is 64.8 Å². The van der Waals surface area contributed by atoms with Gasteiger partial charge in [-0.3, -0.25) is 4.79 Å². The summed E-state index contributed by atoms with van der Waals surface area (Å²) < 4.78 is 5.10. The summed E-state index contributed by atoms with van der Waals surface area (Å²) in [5, 5.41) is 5.06. The number of carbonyl (C=O) groups is 1. The first-order valence-corrected chi connectivity index (χ1v) is 7.65. The first-order valence-electron chi connectivity index (χ1n) is 7.65. The number of aromatic amines is 1. The predicted octanol–water partition coefficient (Wildman–Crippen LogP) is 3.56. The van der Waals surface area contributed by atoms with Gasteiger partial charge in [0, 0.05) is 22.2 Å². The summed E-state index contributed by atoms with van der Waals surface area (Å²) in [4.78, 5) is 15.5. The third-order valence-corrected chi connectivity index (χ3v) is 4.07. The minimum absolute atomic E-state index is 0.236. The third-order valence-electron chi connectivity index (χ3n) is 4.07. The normalized spacial score (nSPS) is 11.1. The number of ether oxygens (including phenoxy) is 1. The molecule has 0 saturated carbocycles. The number of benzene rings is 2. The second-order valence-corrected chi connectivity index (χ2v) is 5.61. The van der Waals surface area contributed by atoms with Gasteiger partial charge in [0.05, 0.1) is 13.3 Å². The Labute approximate surface area is 140 Å². The van der Waals surface area contributed by atoms with Gasteiger partial charge in [0.25, 0.3) is 5.91 Å². The van der Waals surface area contributed by atoms with Crippen LogP contribution in [-0.4, -0.2) is 24.2 Å². The number of amides is 1. The molecule has 2 N–H and O–H groups in total. The van der Waals surface area contributed by atoms with Crippen molar-refractivity contribution in [2.45, 2.75) is 13.8 Å². The van der Waals surface area contributed by atoms with Crippen molar-refractivity contribution in [2.24, 2.45) is 5.10 Å². The highest BCUT2D eigenvalue weighted by atomic mass is 16.5. The van der Waals surface area contributed by atoms with Crippen LogP contribution in [0.5, 0.6) is 5.75 Å². The topological polar surface area (TPSA) is 66.5 Å². The highest BCUT2D eigenvalue weighted by Crippen LogP contribution is 2.22. The Morgan fingerprint density at radius 1 is 1.17 bits per heavy atom. The molecule has 1 heterocycles. The number of fused-ring (bicyclic) bond motifs is 1. The molecule has 24 heavy (non-hydrogen) atoms. The molecule has 0 bridgehead atoms. The number of hydrazone groups is 1. The van der Waals surface area contributed by atoms with E-state index in [0.717, 1.165) is 33.5 Å². The monoisotopic (exact) mass is 321 g/mol. The van der Waals surface area contributed by atoms with E-state index < -0.39 is 0 Å². The SMILES string of the molecule is COc1ccc(C=NNC(=O)c2ccc3[nH]c(C)c(C)c3c2)cc1. The van der Waals surface area contributed by atoms with Crippen molar-refractivity contribution in [1.29, 1.82) is 0 Å². The van der Waals surface area contributed by atoms with E-state index in [1.807, 2.05) is 50.2 Å². The summed E-state index contributed by atoms with van der Waals surface area (Å²) in [7, 11) is 1.62. The Kier molecular flexibility index (Phi) is 4.33. The van der Waals surface area contributed by atoms with Crippen molar-refractivity contribution in [3.63, 3.8) is 0 Å². The zero-order valence-corrected chi connectivity index (χ0v) is 13.9. The minimum atomic E-state index is -0.236. The number of aryl methyl sites for hydroxylation is 2. The van der Waals surface area contributed by atoms with E-state index in [4.69, 9.17) is 4.74 Å². The molecule has 0 aliphatic rings. The molecule has 5 nitrogen and oxygen atoms in total. The van der Waals surface area contributed by atoms with Crippen LogP contribution in [-0.2, 0) is 0 Å². The molecular formula is C19H19N3O2. The van der Waals surface area contributed by atoms with Gasteiger partial charge in [-0.05, 0) is 67.4 Å². The van der Waals surface area contributed by atoms with Crippen LogP contribution >= 0.6 is 0 Å². The highest BCUT2D eigenvalue weighted by molar-refractivity contribution is 5.99. The van der Waals surface area contributed by atoms with Crippen molar-refractivity contribution >= 4 is 23.0 Å². The van der Waals surface area contributed by atoms with Crippen molar-refractivity contribution in [3.8, 4) is 5.75 Å². The van der Waals surface area contributed by atoms with E-state index in [-0.39, 0.29) is 5.91 Å². The lowest BCUT2D eigenvalue weighted by atomic mass is 10.1. The fraction of sp³-hybridized carbons (Fsp3) is 0.158. The van der Waals surface area contributed by atoms with Crippen LogP contribution in [0.15, 0.2) is 47.6 Å². The molecule has 0 spiro atoms. The fourth-order valence-corrected chi connectivity index (χ4v) is 2.52. The average Bonchev–Trinajstić information content (AvgIpc) is 2.89. The first-order chi connectivity index (χ1) is 11.6. The Bertz CT molecular complexity index is 908. The third kappa shape index (κ3) is 3.15. The van der Waals surface area contributed by atoms with Gasteiger partial charge in [0.15, 0.2) is 0 Å². The van der Waals surface area contributed by atoms with Crippen LogP contribution in [0.3, 0.4) is 0 Å². The van der Waals surface area contributed by atoms with Crippen molar-refractivity contribution < 1.29 is 9.53 Å². The van der Waals surface area contributed by atoms with Crippen LogP contribution in [0.25, 0.3) is 10.9 Å². The van der Waals surface area contributed by atoms with Crippen LogP contribution in [0.4, 0.5) is 0 Å². The second-order valence-electron chi connectivity index (χ2n) is 5.61.